The van der Waals surface area contributed by atoms with Gasteiger partial charge in [0.2, 0.25) is 5.91 Å². The van der Waals surface area contributed by atoms with Gasteiger partial charge >= 0.3 is 16.4 Å². The molecule has 26 heavy (non-hydrogen) atoms. The van der Waals surface area contributed by atoms with E-state index in [0.717, 1.165) is 25.6 Å². The van der Waals surface area contributed by atoms with Crippen LogP contribution in [0.4, 0.5) is 4.79 Å². The summed E-state index contributed by atoms with van der Waals surface area (Å²) in [5.74, 6) is -0.287. The van der Waals surface area contributed by atoms with Crippen LogP contribution < -0.4 is 5.32 Å². The minimum atomic E-state index is -4.79. The molecule has 3 fully saturated rings. The zero-order chi connectivity index (χ0) is 18.9. The molecule has 3 amide bonds. The van der Waals surface area contributed by atoms with Crippen LogP contribution in [-0.2, 0) is 24.3 Å². The van der Waals surface area contributed by atoms with Crippen molar-refractivity contribution in [3.8, 4) is 0 Å². The molecule has 3 aliphatic heterocycles. The van der Waals surface area contributed by atoms with E-state index >= 15 is 0 Å². The number of urea groups is 1. The molecule has 11 nitrogen and oxygen atoms in total. The number of carbonyl (C=O) groups excluding carboxylic acids is 3. The van der Waals surface area contributed by atoms with Crippen LogP contribution in [0.5, 0.6) is 0 Å². The van der Waals surface area contributed by atoms with Crippen molar-refractivity contribution in [1.82, 2.24) is 20.1 Å². The highest BCUT2D eigenvalue weighted by Gasteiger charge is 2.53. The minimum absolute atomic E-state index is 0.0480. The fourth-order valence-electron chi connectivity index (χ4n) is 3.72. The molecule has 3 saturated heterocycles. The molecular weight excluding hydrogens is 367 g/mol. The number of hydrogen-bond donors (Lipinski definition) is 2. The third-order valence-corrected chi connectivity index (χ3v) is 5.25. The maximum Gasteiger partial charge on any atom is 0.418 e. The van der Waals surface area contributed by atoms with Crippen molar-refractivity contribution < 1.29 is 31.6 Å². The Morgan fingerprint density at radius 1 is 1.35 bits per heavy atom. The average Bonchev–Trinajstić information content (AvgIpc) is 3.02. The van der Waals surface area contributed by atoms with Crippen LogP contribution in [0.25, 0.3) is 0 Å². The van der Waals surface area contributed by atoms with Crippen LogP contribution in [0.3, 0.4) is 0 Å². The standard InChI is InChI=1S/C13H20BN4O7S/c19-8-14-16-4-1-2-9(3-5-16)15-12(20)11-6-10-7-17(11)13(21)18(10)25-26(22,23)24/h8-11H,1-7H2,(H,15,20)(H,22,23,24)/t9-,10+,11-/m0/s1. The molecule has 0 unspecified atom stereocenters. The van der Waals surface area contributed by atoms with E-state index in [1.165, 1.54) is 12.3 Å². The van der Waals surface area contributed by atoms with Gasteiger partial charge in [0.15, 0.2) is 0 Å². The van der Waals surface area contributed by atoms with Crippen LogP contribution in [-0.4, -0.2) is 91.0 Å². The van der Waals surface area contributed by atoms with E-state index in [1.54, 1.807) is 0 Å². The summed E-state index contributed by atoms with van der Waals surface area (Å²) >= 11 is 0. The lowest BCUT2D eigenvalue weighted by Gasteiger charge is -2.30. The molecule has 0 saturated carbocycles. The van der Waals surface area contributed by atoms with Gasteiger partial charge in [0, 0.05) is 19.0 Å². The van der Waals surface area contributed by atoms with E-state index in [1.807, 2.05) is 4.81 Å². The smallest absolute Gasteiger partial charge is 0.352 e. The number of nitrogens with zero attached hydrogens (tertiary/aromatic N) is 3. The molecule has 3 rings (SSSR count). The number of hydrogen-bond acceptors (Lipinski definition) is 7. The van der Waals surface area contributed by atoms with Crippen molar-refractivity contribution in [1.29, 1.82) is 0 Å². The second kappa shape index (κ2) is 7.51. The Morgan fingerprint density at radius 2 is 2.12 bits per heavy atom. The molecule has 0 aromatic heterocycles. The molecule has 13 heteroatoms. The first-order valence-corrected chi connectivity index (χ1v) is 9.75. The number of nitrogens with one attached hydrogen (secondary N) is 1. The predicted octanol–water partition coefficient (Wildman–Crippen LogP) is -1.62. The Morgan fingerprint density at radius 3 is 2.77 bits per heavy atom. The third kappa shape index (κ3) is 4.16. The molecule has 3 heterocycles. The van der Waals surface area contributed by atoms with Crippen molar-refractivity contribution in [2.45, 2.75) is 43.8 Å². The van der Waals surface area contributed by atoms with Gasteiger partial charge in [-0.2, -0.15) is 13.5 Å². The molecule has 3 atom stereocenters. The van der Waals surface area contributed by atoms with Crippen molar-refractivity contribution in [3.63, 3.8) is 0 Å². The van der Waals surface area contributed by atoms with Gasteiger partial charge < -0.3 is 19.8 Å². The quantitative estimate of drug-likeness (QED) is 0.315. The van der Waals surface area contributed by atoms with Gasteiger partial charge in [-0.3, -0.25) is 9.35 Å². The lowest BCUT2D eigenvalue weighted by molar-refractivity contribution is -0.127. The second-order valence-corrected chi connectivity index (χ2v) is 7.63. The van der Waals surface area contributed by atoms with Crippen molar-refractivity contribution in [2.24, 2.45) is 0 Å². The second-order valence-electron chi connectivity index (χ2n) is 6.63. The number of fused-ring (bicyclic) bond motifs is 2. The summed E-state index contributed by atoms with van der Waals surface area (Å²) in [6.45, 7) is 1.58. The summed E-state index contributed by atoms with van der Waals surface area (Å²) in [7, 11) is -3.30. The summed E-state index contributed by atoms with van der Waals surface area (Å²) in [6, 6.07) is -2.10. The molecule has 0 spiro atoms. The molecule has 3 aliphatic rings. The van der Waals surface area contributed by atoms with Crippen molar-refractivity contribution in [2.75, 3.05) is 19.6 Å². The lowest BCUT2D eigenvalue weighted by atomic mass is 9.94. The normalized spacial score (nSPS) is 29.6. The predicted molar refractivity (Wildman–Crippen MR) is 88.6 cm³/mol. The van der Waals surface area contributed by atoms with Gasteiger partial charge in [-0.25, -0.2) is 4.79 Å². The monoisotopic (exact) mass is 387 g/mol. The maximum atomic E-state index is 12.6. The Labute approximate surface area is 151 Å². The van der Waals surface area contributed by atoms with E-state index in [-0.39, 0.29) is 24.9 Å². The van der Waals surface area contributed by atoms with Crippen LogP contribution >= 0.6 is 0 Å². The third-order valence-electron chi connectivity index (χ3n) is 4.90. The first-order chi connectivity index (χ1) is 12.3. The van der Waals surface area contributed by atoms with Crippen molar-refractivity contribution >= 4 is 35.9 Å². The summed E-state index contributed by atoms with van der Waals surface area (Å²) < 4.78 is 34.6. The number of carbonyl (C=O) groups is 3. The fourth-order valence-corrected chi connectivity index (χ4v) is 4.10. The zero-order valence-electron chi connectivity index (χ0n) is 14.0. The first kappa shape index (κ1) is 19.1. The van der Waals surface area contributed by atoms with Crippen molar-refractivity contribution in [3.05, 3.63) is 0 Å². The number of rotatable bonds is 6. The molecule has 143 valence electrons. The van der Waals surface area contributed by atoms with Crippen LogP contribution in [0.2, 0.25) is 0 Å². The van der Waals surface area contributed by atoms with Crippen LogP contribution in [0.15, 0.2) is 0 Å². The molecule has 2 N–H and O–H groups in total. The number of hydroxylamine groups is 2. The fraction of sp³-hybridized carbons (Fsp3) is 0.769. The highest BCUT2D eigenvalue weighted by Crippen LogP contribution is 2.32. The molecule has 2 bridgehead atoms. The topological polar surface area (TPSA) is 137 Å². The van der Waals surface area contributed by atoms with Gasteiger partial charge in [-0.1, -0.05) is 0 Å². The molecular formula is C13H20BN4O7S. The average molecular weight is 387 g/mol. The SMILES string of the molecule is O=C[B]N1CCC[C@H](NC(=O)[C@@H]2C[C@@H]3CN2C(=O)N3OS(=O)(=O)O)CC1. The van der Waals surface area contributed by atoms with E-state index < -0.39 is 28.5 Å². The van der Waals surface area contributed by atoms with E-state index in [2.05, 4.69) is 9.60 Å². The van der Waals surface area contributed by atoms with Gasteiger partial charge in [0.05, 0.1) is 12.2 Å². The molecule has 1 radical (unpaired) electrons. The van der Waals surface area contributed by atoms with Crippen LogP contribution in [0, 0.1) is 0 Å². The Balaban J connectivity index is 1.54. The molecule has 0 aromatic rings. The summed E-state index contributed by atoms with van der Waals surface area (Å²) in [4.78, 5) is 38.4. The van der Waals surface area contributed by atoms with Gasteiger partial charge in [0.1, 0.15) is 6.04 Å². The molecule has 0 aliphatic carbocycles. The summed E-state index contributed by atoms with van der Waals surface area (Å²) in [5.41, 5.74) is 0. The van der Waals surface area contributed by atoms with E-state index in [4.69, 9.17) is 4.55 Å². The Bertz CT molecular complexity index is 690. The van der Waals surface area contributed by atoms with Gasteiger partial charge in [-0.05, 0) is 32.4 Å². The highest BCUT2D eigenvalue weighted by atomic mass is 32.3. The number of amides is 3. The summed E-state index contributed by atoms with van der Waals surface area (Å²) in [5, 5.41) is 3.54. The Hall–Kier alpha value is -1.70. The van der Waals surface area contributed by atoms with E-state index in [0.29, 0.717) is 18.0 Å². The minimum Gasteiger partial charge on any atom is -0.352 e. The van der Waals surface area contributed by atoms with Gasteiger partial charge in [-0.15, -0.1) is 4.28 Å². The molecule has 0 aromatic carbocycles. The summed E-state index contributed by atoms with van der Waals surface area (Å²) in [6.07, 6.45) is 3.27. The largest absolute Gasteiger partial charge is 0.418 e. The van der Waals surface area contributed by atoms with E-state index in [9.17, 15) is 22.8 Å². The maximum absolute atomic E-state index is 12.6. The van der Waals surface area contributed by atoms with Crippen LogP contribution in [0.1, 0.15) is 25.7 Å². The Kier molecular flexibility index (Phi) is 5.51. The van der Waals surface area contributed by atoms with Gasteiger partial charge in [0.25, 0.3) is 7.41 Å². The zero-order valence-corrected chi connectivity index (χ0v) is 14.8. The highest BCUT2D eigenvalue weighted by molar-refractivity contribution is 7.80. The lowest BCUT2D eigenvalue weighted by Crippen LogP contribution is -2.53. The first-order valence-electron chi connectivity index (χ1n) is 8.38.